The molecule has 1 saturated carbocycles. The molecule has 0 radical (unpaired) electrons. The molecule has 0 spiro atoms. The zero-order valence-electron chi connectivity index (χ0n) is 14.2. The standard InChI is InChI=1S/C20H27NO3/c22-20(23)12-15-21-13-10-17(11-14-21)16-6-8-19(9-7-16)24-18-4-2-1-3-5-18/h6-10,18H,1-5,11-15H2,(H,22,23). The summed E-state index contributed by atoms with van der Waals surface area (Å²) >= 11 is 0. The minimum Gasteiger partial charge on any atom is -0.490 e. The number of carboxylic acids is 1. The lowest BCUT2D eigenvalue weighted by Crippen LogP contribution is -2.30. The Morgan fingerprint density at radius 1 is 1.17 bits per heavy atom. The van der Waals surface area contributed by atoms with Crippen LogP contribution in [0.25, 0.3) is 5.57 Å². The Balaban J connectivity index is 1.53. The highest BCUT2D eigenvalue weighted by Crippen LogP contribution is 2.27. The van der Waals surface area contributed by atoms with Crippen LogP contribution in [0.2, 0.25) is 0 Å². The van der Waals surface area contributed by atoms with Crippen LogP contribution >= 0.6 is 0 Å². The van der Waals surface area contributed by atoms with Gasteiger partial charge in [-0.25, -0.2) is 0 Å². The molecule has 1 heterocycles. The summed E-state index contributed by atoms with van der Waals surface area (Å²) in [5.74, 6) is 0.253. The Kier molecular flexibility index (Phi) is 5.91. The highest BCUT2D eigenvalue weighted by atomic mass is 16.5. The number of ether oxygens (including phenoxy) is 1. The topological polar surface area (TPSA) is 49.8 Å². The lowest BCUT2D eigenvalue weighted by atomic mass is 9.97. The SMILES string of the molecule is O=C(O)CCN1CC=C(c2ccc(OC3CCCCC3)cc2)CC1. The van der Waals surface area contributed by atoms with E-state index in [1.807, 2.05) is 0 Å². The van der Waals surface area contributed by atoms with Crippen LogP contribution in [0, 0.1) is 0 Å². The average Bonchev–Trinajstić information content (AvgIpc) is 2.62. The number of rotatable bonds is 6. The molecule has 1 aromatic carbocycles. The lowest BCUT2D eigenvalue weighted by molar-refractivity contribution is -0.137. The fourth-order valence-electron chi connectivity index (χ4n) is 3.55. The van der Waals surface area contributed by atoms with Crippen LogP contribution in [0.1, 0.15) is 50.5 Å². The Labute approximate surface area is 144 Å². The molecule has 0 amide bonds. The molecule has 1 aliphatic carbocycles. The van der Waals surface area contributed by atoms with Gasteiger partial charge in [0.1, 0.15) is 5.75 Å². The van der Waals surface area contributed by atoms with E-state index >= 15 is 0 Å². The second-order valence-electron chi connectivity index (χ2n) is 6.83. The molecule has 4 heteroatoms. The molecule has 1 aromatic rings. The van der Waals surface area contributed by atoms with E-state index in [1.165, 1.54) is 43.2 Å². The number of hydrogen-bond donors (Lipinski definition) is 1. The molecule has 24 heavy (non-hydrogen) atoms. The second-order valence-corrected chi connectivity index (χ2v) is 6.83. The van der Waals surface area contributed by atoms with Crippen molar-refractivity contribution in [3.05, 3.63) is 35.9 Å². The van der Waals surface area contributed by atoms with Gasteiger partial charge in [-0.1, -0.05) is 24.6 Å². The van der Waals surface area contributed by atoms with E-state index in [1.54, 1.807) is 0 Å². The van der Waals surface area contributed by atoms with Crippen LogP contribution in [0.4, 0.5) is 0 Å². The monoisotopic (exact) mass is 329 g/mol. The molecule has 4 nitrogen and oxygen atoms in total. The molecular weight excluding hydrogens is 302 g/mol. The second kappa shape index (κ2) is 8.34. The third-order valence-corrected chi connectivity index (χ3v) is 5.02. The summed E-state index contributed by atoms with van der Waals surface area (Å²) in [6.45, 7) is 2.40. The Morgan fingerprint density at radius 2 is 1.92 bits per heavy atom. The van der Waals surface area contributed by atoms with Crippen LogP contribution in [0.3, 0.4) is 0 Å². The Hall–Kier alpha value is -1.81. The van der Waals surface area contributed by atoms with Gasteiger partial charge in [0.2, 0.25) is 0 Å². The maximum atomic E-state index is 10.6. The fraction of sp³-hybridized carbons (Fsp3) is 0.550. The number of carboxylic acid groups (broad SMARTS) is 1. The van der Waals surface area contributed by atoms with Gasteiger partial charge in [-0.3, -0.25) is 9.69 Å². The van der Waals surface area contributed by atoms with Crippen molar-refractivity contribution in [3.63, 3.8) is 0 Å². The summed E-state index contributed by atoms with van der Waals surface area (Å²) < 4.78 is 6.09. The van der Waals surface area contributed by atoms with E-state index in [4.69, 9.17) is 9.84 Å². The molecule has 1 N–H and O–H groups in total. The fourth-order valence-corrected chi connectivity index (χ4v) is 3.55. The summed E-state index contributed by atoms with van der Waals surface area (Å²) in [5.41, 5.74) is 2.61. The van der Waals surface area contributed by atoms with Crippen molar-refractivity contribution >= 4 is 11.5 Å². The summed E-state index contributed by atoms with van der Waals surface area (Å²) in [4.78, 5) is 12.8. The summed E-state index contributed by atoms with van der Waals surface area (Å²) in [6.07, 6.45) is 10.1. The van der Waals surface area contributed by atoms with Crippen LogP contribution in [-0.4, -0.2) is 41.7 Å². The summed E-state index contributed by atoms with van der Waals surface area (Å²) in [7, 11) is 0. The van der Waals surface area contributed by atoms with E-state index in [-0.39, 0.29) is 6.42 Å². The van der Waals surface area contributed by atoms with Gasteiger partial charge in [0.15, 0.2) is 0 Å². The van der Waals surface area contributed by atoms with E-state index in [9.17, 15) is 4.79 Å². The summed E-state index contributed by atoms with van der Waals surface area (Å²) in [6, 6.07) is 8.47. The highest BCUT2D eigenvalue weighted by molar-refractivity contribution is 5.68. The first-order valence-corrected chi connectivity index (χ1v) is 9.11. The number of carbonyl (C=O) groups is 1. The van der Waals surface area contributed by atoms with Crippen LogP contribution in [0.5, 0.6) is 5.75 Å². The van der Waals surface area contributed by atoms with Crippen molar-refractivity contribution in [1.82, 2.24) is 4.90 Å². The predicted octanol–water partition coefficient (Wildman–Crippen LogP) is 3.96. The number of hydrogen-bond acceptors (Lipinski definition) is 3. The van der Waals surface area contributed by atoms with Gasteiger partial charge in [-0.05, 0) is 55.4 Å². The molecule has 0 atom stereocenters. The Morgan fingerprint density at radius 3 is 2.54 bits per heavy atom. The van der Waals surface area contributed by atoms with Gasteiger partial charge in [-0.2, -0.15) is 0 Å². The molecule has 0 aromatic heterocycles. The highest BCUT2D eigenvalue weighted by Gasteiger charge is 2.16. The molecule has 1 aliphatic heterocycles. The van der Waals surface area contributed by atoms with E-state index in [0.29, 0.717) is 12.6 Å². The largest absolute Gasteiger partial charge is 0.490 e. The van der Waals surface area contributed by atoms with Gasteiger partial charge in [-0.15, -0.1) is 0 Å². The first kappa shape index (κ1) is 17.0. The predicted molar refractivity (Wildman–Crippen MR) is 95.2 cm³/mol. The summed E-state index contributed by atoms with van der Waals surface area (Å²) in [5, 5.41) is 8.76. The zero-order chi connectivity index (χ0) is 16.8. The molecular formula is C20H27NO3. The van der Waals surface area contributed by atoms with Crippen molar-refractivity contribution in [1.29, 1.82) is 0 Å². The van der Waals surface area contributed by atoms with Crippen molar-refractivity contribution in [2.24, 2.45) is 0 Å². The maximum Gasteiger partial charge on any atom is 0.304 e. The first-order chi connectivity index (χ1) is 11.7. The molecule has 3 rings (SSSR count). The number of benzene rings is 1. The minimum atomic E-state index is -0.724. The molecule has 2 aliphatic rings. The van der Waals surface area contributed by atoms with Crippen molar-refractivity contribution in [3.8, 4) is 5.75 Å². The van der Waals surface area contributed by atoms with Crippen LogP contribution in [-0.2, 0) is 4.79 Å². The van der Waals surface area contributed by atoms with Gasteiger partial charge in [0, 0.05) is 19.6 Å². The third kappa shape index (κ3) is 4.84. The van der Waals surface area contributed by atoms with Gasteiger partial charge < -0.3 is 9.84 Å². The van der Waals surface area contributed by atoms with E-state index in [2.05, 4.69) is 35.2 Å². The van der Waals surface area contributed by atoms with Gasteiger partial charge >= 0.3 is 5.97 Å². The number of aliphatic carboxylic acids is 1. The molecule has 0 unspecified atom stereocenters. The lowest BCUT2D eigenvalue weighted by Gasteiger charge is -2.26. The van der Waals surface area contributed by atoms with Crippen molar-refractivity contribution in [2.75, 3.05) is 19.6 Å². The average molecular weight is 329 g/mol. The Bertz CT molecular complexity index is 573. The zero-order valence-corrected chi connectivity index (χ0v) is 14.2. The quantitative estimate of drug-likeness (QED) is 0.858. The number of nitrogens with zero attached hydrogens (tertiary/aromatic N) is 1. The van der Waals surface area contributed by atoms with Gasteiger partial charge in [0.05, 0.1) is 12.5 Å². The molecule has 0 saturated heterocycles. The van der Waals surface area contributed by atoms with Crippen LogP contribution < -0.4 is 4.74 Å². The molecule has 1 fully saturated rings. The third-order valence-electron chi connectivity index (χ3n) is 5.02. The van der Waals surface area contributed by atoms with E-state index in [0.717, 1.165) is 25.3 Å². The van der Waals surface area contributed by atoms with Crippen LogP contribution in [0.15, 0.2) is 30.3 Å². The van der Waals surface area contributed by atoms with Crippen molar-refractivity contribution in [2.45, 2.75) is 51.0 Å². The first-order valence-electron chi connectivity index (χ1n) is 9.11. The minimum absolute atomic E-state index is 0.219. The maximum absolute atomic E-state index is 10.6. The normalized spacial score (nSPS) is 19.8. The van der Waals surface area contributed by atoms with E-state index < -0.39 is 5.97 Å². The van der Waals surface area contributed by atoms with Gasteiger partial charge in [0.25, 0.3) is 0 Å². The molecule has 130 valence electrons. The molecule has 0 bridgehead atoms. The smallest absolute Gasteiger partial charge is 0.304 e. The van der Waals surface area contributed by atoms with Crippen molar-refractivity contribution < 1.29 is 14.6 Å².